The van der Waals surface area contributed by atoms with E-state index in [4.69, 9.17) is 4.74 Å². The highest BCUT2D eigenvalue weighted by Crippen LogP contribution is 2.51. The molecule has 2 atom stereocenters. The van der Waals surface area contributed by atoms with Crippen LogP contribution in [0.2, 0.25) is 0 Å². The van der Waals surface area contributed by atoms with Crippen molar-refractivity contribution in [2.75, 3.05) is 26.7 Å². The molecule has 2 unspecified atom stereocenters. The maximum absolute atomic E-state index is 11.9. The molecule has 3 nitrogen and oxygen atoms in total. The second-order valence-corrected chi connectivity index (χ2v) is 7.42. The quantitative estimate of drug-likeness (QED) is 0.398. The Morgan fingerprint density at radius 1 is 0.909 bits per heavy atom. The van der Waals surface area contributed by atoms with E-state index in [0.717, 1.165) is 19.5 Å². The maximum Gasteiger partial charge on any atom is 0.309 e. The van der Waals surface area contributed by atoms with Crippen LogP contribution in [0.1, 0.15) is 71.1 Å². The van der Waals surface area contributed by atoms with Crippen molar-refractivity contribution in [3.63, 3.8) is 0 Å². The first-order valence-electron chi connectivity index (χ1n) is 9.59. The number of ether oxygens (including phenoxy) is 1. The number of carbonyl (C=O) groups is 1. The van der Waals surface area contributed by atoms with Gasteiger partial charge in [0, 0.05) is 13.1 Å². The molecule has 3 heteroatoms. The Hall–Kier alpha value is -0.570. The molecule has 128 valence electrons. The van der Waals surface area contributed by atoms with Gasteiger partial charge in [-0.1, -0.05) is 64.7 Å². The monoisotopic (exact) mass is 309 g/mol. The normalized spacial score (nSPS) is 26.9. The Morgan fingerprint density at radius 2 is 1.41 bits per heavy atom. The van der Waals surface area contributed by atoms with Crippen molar-refractivity contribution in [1.29, 1.82) is 0 Å². The fourth-order valence-electron chi connectivity index (χ4n) is 3.95. The third kappa shape index (κ3) is 5.57. The van der Waals surface area contributed by atoms with E-state index in [1.807, 2.05) is 0 Å². The molecule has 0 bridgehead atoms. The van der Waals surface area contributed by atoms with E-state index in [1.54, 1.807) is 0 Å². The third-order valence-corrected chi connectivity index (χ3v) is 5.39. The van der Waals surface area contributed by atoms with Gasteiger partial charge in [0.15, 0.2) is 0 Å². The number of likely N-dealkylation sites (tertiary alicyclic amines) is 1. The van der Waals surface area contributed by atoms with Gasteiger partial charge in [0.2, 0.25) is 0 Å². The molecule has 2 fully saturated rings. The average molecular weight is 309 g/mol. The fraction of sp³-hybridized carbons (Fsp3) is 0.947. The molecule has 2 rings (SSSR count). The molecule has 1 saturated heterocycles. The van der Waals surface area contributed by atoms with Crippen molar-refractivity contribution in [3.05, 3.63) is 0 Å². The summed E-state index contributed by atoms with van der Waals surface area (Å²) in [5, 5.41) is 0. The van der Waals surface area contributed by atoms with E-state index in [9.17, 15) is 4.79 Å². The number of hydrogen-bond acceptors (Lipinski definition) is 3. The van der Waals surface area contributed by atoms with Gasteiger partial charge >= 0.3 is 5.97 Å². The van der Waals surface area contributed by atoms with E-state index >= 15 is 0 Å². The van der Waals surface area contributed by atoms with Gasteiger partial charge < -0.3 is 9.64 Å². The molecule has 0 aromatic rings. The van der Waals surface area contributed by atoms with Crippen molar-refractivity contribution in [2.24, 2.45) is 17.8 Å². The number of fused-ring (bicyclic) bond motifs is 1. The molecule has 22 heavy (non-hydrogen) atoms. The predicted molar refractivity (Wildman–Crippen MR) is 90.8 cm³/mol. The van der Waals surface area contributed by atoms with Crippen molar-refractivity contribution < 1.29 is 9.53 Å². The SMILES string of the molecule is CCCCCCCCCCCCOC(=O)C1C2CN(C)CC21. The van der Waals surface area contributed by atoms with Crippen LogP contribution in [0.25, 0.3) is 0 Å². The average Bonchev–Trinajstić information content (AvgIpc) is 3.02. The van der Waals surface area contributed by atoms with E-state index < -0.39 is 0 Å². The summed E-state index contributed by atoms with van der Waals surface area (Å²) in [7, 11) is 2.14. The smallest absolute Gasteiger partial charge is 0.309 e. The van der Waals surface area contributed by atoms with Crippen molar-refractivity contribution in [2.45, 2.75) is 71.1 Å². The van der Waals surface area contributed by atoms with Gasteiger partial charge in [-0.2, -0.15) is 0 Å². The van der Waals surface area contributed by atoms with Crippen LogP contribution in [0, 0.1) is 17.8 Å². The Balaban J connectivity index is 1.34. The fourth-order valence-corrected chi connectivity index (χ4v) is 3.95. The maximum atomic E-state index is 11.9. The summed E-state index contributed by atoms with van der Waals surface area (Å²) in [5.74, 6) is 1.52. The second kappa shape index (κ2) is 9.54. The van der Waals surface area contributed by atoms with Crippen LogP contribution >= 0.6 is 0 Å². The zero-order chi connectivity index (χ0) is 15.8. The van der Waals surface area contributed by atoms with Crippen molar-refractivity contribution >= 4 is 5.97 Å². The lowest BCUT2D eigenvalue weighted by Gasteiger charge is -2.12. The molecule has 0 amide bonds. The van der Waals surface area contributed by atoms with E-state index in [-0.39, 0.29) is 11.9 Å². The number of unbranched alkanes of at least 4 members (excludes halogenated alkanes) is 9. The van der Waals surface area contributed by atoms with Crippen LogP contribution < -0.4 is 0 Å². The number of hydrogen-bond donors (Lipinski definition) is 0. The van der Waals surface area contributed by atoms with Gasteiger partial charge in [0.05, 0.1) is 12.5 Å². The summed E-state index contributed by atoms with van der Waals surface area (Å²) in [6, 6.07) is 0. The van der Waals surface area contributed by atoms with Crippen LogP contribution in [0.4, 0.5) is 0 Å². The molecule has 0 aromatic carbocycles. The molecule has 1 aliphatic heterocycles. The highest BCUT2D eigenvalue weighted by atomic mass is 16.5. The summed E-state index contributed by atoms with van der Waals surface area (Å²) in [6.45, 7) is 5.08. The minimum Gasteiger partial charge on any atom is -0.465 e. The first-order chi connectivity index (χ1) is 10.7. The molecule has 1 saturated carbocycles. The molecule has 1 heterocycles. The Bertz CT molecular complexity index is 319. The molecule has 0 N–H and O–H groups in total. The third-order valence-electron chi connectivity index (χ3n) is 5.39. The highest BCUT2D eigenvalue weighted by molar-refractivity contribution is 5.77. The van der Waals surface area contributed by atoms with Gasteiger partial charge in [-0.05, 0) is 25.3 Å². The minimum atomic E-state index is 0.0824. The molecular formula is C19H35NO2. The zero-order valence-corrected chi connectivity index (χ0v) is 14.7. The Labute approximate surface area is 136 Å². The van der Waals surface area contributed by atoms with Crippen molar-refractivity contribution in [3.8, 4) is 0 Å². The summed E-state index contributed by atoms with van der Waals surface area (Å²) >= 11 is 0. The number of esters is 1. The summed E-state index contributed by atoms with van der Waals surface area (Å²) in [4.78, 5) is 14.3. The zero-order valence-electron chi connectivity index (χ0n) is 14.7. The Morgan fingerprint density at radius 3 is 1.95 bits per heavy atom. The summed E-state index contributed by atoms with van der Waals surface area (Å²) in [5.41, 5.74) is 0. The lowest BCUT2D eigenvalue weighted by atomic mass is 10.1. The lowest BCUT2D eigenvalue weighted by molar-refractivity contribution is -0.146. The number of carbonyl (C=O) groups excluding carboxylic acids is 1. The van der Waals surface area contributed by atoms with E-state index in [0.29, 0.717) is 18.4 Å². The largest absolute Gasteiger partial charge is 0.465 e. The van der Waals surface area contributed by atoms with Gasteiger partial charge in [-0.15, -0.1) is 0 Å². The topological polar surface area (TPSA) is 29.5 Å². The predicted octanol–water partition coefficient (Wildman–Crippen LogP) is 4.26. The molecule has 0 spiro atoms. The number of rotatable bonds is 12. The highest BCUT2D eigenvalue weighted by Gasteiger charge is 2.59. The Kier molecular flexibility index (Phi) is 7.71. The molecule has 1 aliphatic carbocycles. The molecule has 2 aliphatic rings. The van der Waals surface area contributed by atoms with Crippen LogP contribution in [0.5, 0.6) is 0 Å². The summed E-state index contributed by atoms with van der Waals surface area (Å²) in [6.07, 6.45) is 13.2. The summed E-state index contributed by atoms with van der Waals surface area (Å²) < 4.78 is 5.45. The minimum absolute atomic E-state index is 0.0824. The second-order valence-electron chi connectivity index (χ2n) is 7.42. The van der Waals surface area contributed by atoms with E-state index in [1.165, 1.54) is 57.8 Å². The van der Waals surface area contributed by atoms with Crippen LogP contribution in [-0.2, 0) is 9.53 Å². The lowest BCUT2D eigenvalue weighted by Crippen LogP contribution is -2.23. The number of nitrogens with zero attached hydrogens (tertiary/aromatic N) is 1. The molecule has 0 radical (unpaired) electrons. The number of piperidine rings is 1. The van der Waals surface area contributed by atoms with Crippen molar-refractivity contribution in [1.82, 2.24) is 4.90 Å². The van der Waals surface area contributed by atoms with Gasteiger partial charge in [0.25, 0.3) is 0 Å². The molecular weight excluding hydrogens is 274 g/mol. The van der Waals surface area contributed by atoms with Crippen LogP contribution in [0.3, 0.4) is 0 Å². The van der Waals surface area contributed by atoms with E-state index in [2.05, 4.69) is 18.9 Å². The van der Waals surface area contributed by atoms with Gasteiger partial charge in [-0.25, -0.2) is 0 Å². The van der Waals surface area contributed by atoms with Crippen LogP contribution in [-0.4, -0.2) is 37.6 Å². The first kappa shape index (κ1) is 17.8. The standard InChI is InChI=1S/C19H35NO2/c1-3-4-5-6-7-8-9-10-11-12-13-22-19(21)18-16-14-20(2)15-17(16)18/h16-18H,3-15H2,1-2H3. The van der Waals surface area contributed by atoms with Crippen LogP contribution in [0.15, 0.2) is 0 Å². The first-order valence-corrected chi connectivity index (χ1v) is 9.59. The van der Waals surface area contributed by atoms with Gasteiger partial charge in [-0.3, -0.25) is 4.79 Å². The van der Waals surface area contributed by atoms with Gasteiger partial charge in [0.1, 0.15) is 0 Å². The molecule has 0 aromatic heterocycles.